The highest BCUT2D eigenvalue weighted by Crippen LogP contribution is 2.17. The Hall–Kier alpha value is -0.340. The zero-order chi connectivity index (χ0) is 14.4. The van der Waals surface area contributed by atoms with E-state index in [9.17, 15) is 21.6 Å². The van der Waals surface area contributed by atoms with Gasteiger partial charge in [0, 0.05) is 31.9 Å². The van der Waals surface area contributed by atoms with Gasteiger partial charge in [-0.15, -0.1) is 0 Å². The molecule has 0 aromatic heterocycles. The molecule has 0 heterocycles. The van der Waals surface area contributed by atoms with Gasteiger partial charge in [0.15, 0.2) is 0 Å². The predicted molar refractivity (Wildman–Crippen MR) is 65.3 cm³/mol. The van der Waals surface area contributed by atoms with Crippen LogP contribution in [0.25, 0.3) is 0 Å². The molecule has 4 nitrogen and oxygen atoms in total. The molecule has 0 rings (SSSR count). The van der Waals surface area contributed by atoms with E-state index in [-0.39, 0.29) is 24.9 Å². The van der Waals surface area contributed by atoms with Crippen LogP contribution in [0.5, 0.6) is 0 Å². The number of rotatable bonds is 8. The molecular formula is C10H21F3N2O2S. The van der Waals surface area contributed by atoms with Gasteiger partial charge < -0.3 is 5.32 Å². The summed E-state index contributed by atoms with van der Waals surface area (Å²) in [7, 11) is -3.03. The summed E-state index contributed by atoms with van der Waals surface area (Å²) < 4.78 is 58.4. The molecule has 0 aliphatic heterocycles. The van der Waals surface area contributed by atoms with Crippen molar-refractivity contribution in [3.8, 4) is 0 Å². The monoisotopic (exact) mass is 290 g/mol. The molecule has 1 N–H and O–H groups in total. The minimum Gasteiger partial charge on any atom is -0.314 e. The fourth-order valence-electron chi connectivity index (χ4n) is 1.36. The number of nitrogens with one attached hydrogen (secondary N) is 1. The van der Waals surface area contributed by atoms with E-state index in [1.165, 1.54) is 4.90 Å². The van der Waals surface area contributed by atoms with Gasteiger partial charge in [0.2, 0.25) is 0 Å². The van der Waals surface area contributed by atoms with Crippen molar-refractivity contribution in [2.45, 2.75) is 26.1 Å². The van der Waals surface area contributed by atoms with Crippen molar-refractivity contribution >= 4 is 9.84 Å². The van der Waals surface area contributed by atoms with E-state index in [0.717, 1.165) is 6.26 Å². The van der Waals surface area contributed by atoms with E-state index < -0.39 is 22.6 Å². The molecule has 0 amide bonds. The molecule has 0 spiro atoms. The van der Waals surface area contributed by atoms with Crippen LogP contribution in [-0.2, 0) is 9.84 Å². The summed E-state index contributed by atoms with van der Waals surface area (Å²) in [6.07, 6.45) is -3.09. The summed E-state index contributed by atoms with van der Waals surface area (Å²) in [6, 6.07) is -0.205. The summed E-state index contributed by atoms with van der Waals surface area (Å²) >= 11 is 0. The third kappa shape index (κ3) is 10.8. The number of sulfone groups is 1. The van der Waals surface area contributed by atoms with E-state index in [4.69, 9.17) is 0 Å². The molecule has 8 heteroatoms. The Morgan fingerprint density at radius 2 is 1.78 bits per heavy atom. The first-order chi connectivity index (χ1) is 8.01. The molecule has 0 aromatic rings. The number of halogens is 3. The molecule has 0 fully saturated rings. The van der Waals surface area contributed by atoms with Crippen LogP contribution < -0.4 is 5.32 Å². The Balaban J connectivity index is 3.92. The number of alkyl halides is 3. The number of hydrogen-bond acceptors (Lipinski definition) is 4. The zero-order valence-corrected chi connectivity index (χ0v) is 11.7. The van der Waals surface area contributed by atoms with Crippen LogP contribution in [0.4, 0.5) is 13.2 Å². The lowest BCUT2D eigenvalue weighted by atomic mass is 10.3. The molecule has 0 atom stereocenters. The van der Waals surface area contributed by atoms with E-state index in [1.807, 2.05) is 0 Å². The van der Waals surface area contributed by atoms with Gasteiger partial charge in [-0.05, 0) is 13.8 Å². The van der Waals surface area contributed by atoms with Crippen LogP contribution >= 0.6 is 0 Å². The maximum absolute atomic E-state index is 12.3. The van der Waals surface area contributed by atoms with Crippen molar-refractivity contribution in [1.82, 2.24) is 10.2 Å². The summed E-state index contributed by atoms with van der Waals surface area (Å²) in [5.74, 6) is -0.00600. The Bertz CT molecular complexity index is 329. The lowest BCUT2D eigenvalue weighted by Crippen LogP contribution is -2.43. The summed E-state index contributed by atoms with van der Waals surface area (Å²) in [4.78, 5) is 1.30. The van der Waals surface area contributed by atoms with Crippen molar-refractivity contribution in [3.05, 3.63) is 0 Å². The van der Waals surface area contributed by atoms with Crippen LogP contribution in [0.2, 0.25) is 0 Å². The van der Waals surface area contributed by atoms with Crippen LogP contribution in [0.3, 0.4) is 0 Å². The van der Waals surface area contributed by atoms with Crippen LogP contribution in [-0.4, -0.2) is 63.7 Å². The Morgan fingerprint density at radius 3 is 2.17 bits per heavy atom. The number of nitrogens with zero attached hydrogens (tertiary/aromatic N) is 1. The van der Waals surface area contributed by atoms with Crippen molar-refractivity contribution < 1.29 is 21.6 Å². The minimum absolute atomic E-state index is 0.00600. The van der Waals surface area contributed by atoms with Crippen molar-refractivity contribution in [1.29, 1.82) is 0 Å². The average Bonchev–Trinajstić information content (AvgIpc) is 2.11. The number of hydrogen-bond donors (Lipinski definition) is 1. The zero-order valence-electron chi connectivity index (χ0n) is 10.9. The van der Waals surface area contributed by atoms with Gasteiger partial charge in [-0.1, -0.05) is 0 Å². The van der Waals surface area contributed by atoms with Gasteiger partial charge in [0.25, 0.3) is 0 Å². The van der Waals surface area contributed by atoms with Crippen LogP contribution in [0, 0.1) is 0 Å². The average molecular weight is 290 g/mol. The Morgan fingerprint density at radius 1 is 1.22 bits per heavy atom. The first kappa shape index (κ1) is 17.7. The van der Waals surface area contributed by atoms with Gasteiger partial charge in [0.05, 0.1) is 12.3 Å². The lowest BCUT2D eigenvalue weighted by molar-refractivity contribution is -0.149. The molecule has 18 heavy (non-hydrogen) atoms. The summed E-state index contributed by atoms with van der Waals surface area (Å²) in [5, 5.41) is 2.82. The molecular weight excluding hydrogens is 269 g/mol. The third-order valence-electron chi connectivity index (χ3n) is 2.34. The molecule has 0 unspecified atom stereocenters. The second-order valence-electron chi connectivity index (χ2n) is 4.56. The second kappa shape index (κ2) is 7.30. The predicted octanol–water partition coefficient (Wildman–Crippen LogP) is 0.893. The minimum atomic E-state index is -4.21. The van der Waals surface area contributed by atoms with Crippen molar-refractivity contribution in [3.63, 3.8) is 0 Å². The summed E-state index contributed by atoms with van der Waals surface area (Å²) in [6.45, 7) is 3.28. The van der Waals surface area contributed by atoms with Gasteiger partial charge in [-0.2, -0.15) is 13.2 Å². The maximum atomic E-state index is 12.3. The standard InChI is InChI=1S/C10H21F3N2O2S/c1-9(2)15(8-10(11,12)13)6-4-14-5-7-18(3,16)17/h9,14H,4-8H2,1-3H3. The third-order valence-corrected chi connectivity index (χ3v) is 3.28. The summed E-state index contributed by atoms with van der Waals surface area (Å²) in [5.41, 5.74) is 0. The highest BCUT2D eigenvalue weighted by atomic mass is 32.2. The molecule has 0 bridgehead atoms. The van der Waals surface area contributed by atoms with Crippen molar-refractivity contribution in [2.75, 3.05) is 38.2 Å². The van der Waals surface area contributed by atoms with Crippen LogP contribution in [0.1, 0.15) is 13.8 Å². The molecule has 0 radical (unpaired) electrons. The van der Waals surface area contributed by atoms with Crippen LogP contribution in [0.15, 0.2) is 0 Å². The van der Waals surface area contributed by atoms with E-state index in [0.29, 0.717) is 6.54 Å². The highest BCUT2D eigenvalue weighted by Gasteiger charge is 2.31. The molecule has 110 valence electrons. The smallest absolute Gasteiger partial charge is 0.314 e. The maximum Gasteiger partial charge on any atom is 0.401 e. The van der Waals surface area contributed by atoms with Gasteiger partial charge in [-0.25, -0.2) is 8.42 Å². The first-order valence-electron chi connectivity index (χ1n) is 5.70. The first-order valence-corrected chi connectivity index (χ1v) is 7.76. The molecule has 0 saturated carbocycles. The molecule has 0 aliphatic carbocycles. The Labute approximate surface area is 106 Å². The second-order valence-corrected chi connectivity index (χ2v) is 6.82. The Kier molecular flexibility index (Phi) is 7.16. The fourth-order valence-corrected chi connectivity index (χ4v) is 1.87. The van der Waals surface area contributed by atoms with E-state index >= 15 is 0 Å². The molecule has 0 saturated heterocycles. The highest BCUT2D eigenvalue weighted by molar-refractivity contribution is 7.90. The SMILES string of the molecule is CC(C)N(CCNCCS(C)(=O)=O)CC(F)(F)F. The van der Waals surface area contributed by atoms with Gasteiger partial charge >= 0.3 is 6.18 Å². The lowest BCUT2D eigenvalue weighted by Gasteiger charge is -2.27. The van der Waals surface area contributed by atoms with Gasteiger partial charge in [0.1, 0.15) is 9.84 Å². The fraction of sp³-hybridized carbons (Fsp3) is 1.00. The quantitative estimate of drug-likeness (QED) is 0.675. The van der Waals surface area contributed by atoms with Crippen molar-refractivity contribution in [2.24, 2.45) is 0 Å². The normalized spacial score (nSPS) is 13.6. The molecule has 0 aliphatic rings. The van der Waals surface area contributed by atoms with Gasteiger partial charge in [-0.3, -0.25) is 4.90 Å². The molecule has 0 aromatic carbocycles. The van der Waals surface area contributed by atoms with E-state index in [2.05, 4.69) is 5.32 Å². The largest absolute Gasteiger partial charge is 0.401 e. The topological polar surface area (TPSA) is 49.4 Å². The van der Waals surface area contributed by atoms with E-state index in [1.54, 1.807) is 13.8 Å².